The molecule has 1 N–H and O–H groups in total. The summed E-state index contributed by atoms with van der Waals surface area (Å²) in [5, 5.41) is 2.78. The molecule has 1 aliphatic rings. The SMILES string of the molecule is Cc1c(NC(=O)CCC2CCCO2)c(=O)n(-c2ccccc2)n1C. The van der Waals surface area contributed by atoms with Crippen LogP contribution in [0.1, 0.15) is 31.4 Å². The van der Waals surface area contributed by atoms with Crippen molar-refractivity contribution in [2.24, 2.45) is 7.05 Å². The molecule has 1 aliphatic heterocycles. The number of para-hydroxylation sites is 1. The lowest BCUT2D eigenvalue weighted by molar-refractivity contribution is -0.116. The van der Waals surface area contributed by atoms with E-state index in [2.05, 4.69) is 5.32 Å². The first-order valence-corrected chi connectivity index (χ1v) is 8.33. The van der Waals surface area contributed by atoms with Crippen molar-refractivity contribution in [1.82, 2.24) is 9.36 Å². The summed E-state index contributed by atoms with van der Waals surface area (Å²) < 4.78 is 8.85. The highest BCUT2D eigenvalue weighted by molar-refractivity contribution is 5.91. The second-order valence-corrected chi connectivity index (χ2v) is 6.16. The molecule has 1 fully saturated rings. The molecule has 0 spiro atoms. The predicted octanol–water partition coefficient (Wildman–Crippen LogP) is 2.38. The van der Waals surface area contributed by atoms with Crippen LogP contribution < -0.4 is 10.9 Å². The number of hydrogen-bond donors (Lipinski definition) is 1. The molecule has 6 nitrogen and oxygen atoms in total. The molecule has 1 atom stereocenters. The van der Waals surface area contributed by atoms with E-state index in [1.807, 2.05) is 44.3 Å². The van der Waals surface area contributed by atoms with Crippen molar-refractivity contribution in [3.8, 4) is 5.69 Å². The van der Waals surface area contributed by atoms with Crippen molar-refractivity contribution in [2.45, 2.75) is 38.7 Å². The van der Waals surface area contributed by atoms with Gasteiger partial charge in [-0.05, 0) is 38.3 Å². The van der Waals surface area contributed by atoms with Crippen LogP contribution in [-0.2, 0) is 16.6 Å². The number of carbonyl (C=O) groups excluding carboxylic acids is 1. The van der Waals surface area contributed by atoms with Crippen molar-refractivity contribution in [1.29, 1.82) is 0 Å². The first-order chi connectivity index (χ1) is 11.6. The number of carbonyl (C=O) groups is 1. The zero-order valence-corrected chi connectivity index (χ0v) is 14.1. The van der Waals surface area contributed by atoms with Gasteiger partial charge in [0.05, 0.1) is 17.5 Å². The van der Waals surface area contributed by atoms with Crippen molar-refractivity contribution >= 4 is 11.6 Å². The molecule has 0 saturated carbocycles. The van der Waals surface area contributed by atoms with E-state index < -0.39 is 0 Å². The average molecular weight is 329 g/mol. The minimum absolute atomic E-state index is 0.142. The summed E-state index contributed by atoms with van der Waals surface area (Å²) in [7, 11) is 1.81. The van der Waals surface area contributed by atoms with Gasteiger partial charge in [-0.2, -0.15) is 0 Å². The van der Waals surface area contributed by atoms with Crippen LogP contribution in [0.2, 0.25) is 0 Å². The highest BCUT2D eigenvalue weighted by Crippen LogP contribution is 2.18. The van der Waals surface area contributed by atoms with Crippen LogP contribution >= 0.6 is 0 Å². The molecule has 1 aromatic heterocycles. The van der Waals surface area contributed by atoms with E-state index in [9.17, 15) is 9.59 Å². The molecule has 24 heavy (non-hydrogen) atoms. The summed E-state index contributed by atoms with van der Waals surface area (Å²) in [6, 6.07) is 9.39. The third-order valence-corrected chi connectivity index (χ3v) is 4.54. The molecule has 2 aromatic rings. The molecule has 2 heterocycles. The van der Waals surface area contributed by atoms with Crippen LogP contribution in [0.15, 0.2) is 35.1 Å². The van der Waals surface area contributed by atoms with Gasteiger partial charge >= 0.3 is 0 Å². The maximum absolute atomic E-state index is 12.7. The summed E-state index contributed by atoms with van der Waals surface area (Å²) >= 11 is 0. The van der Waals surface area contributed by atoms with E-state index in [1.54, 1.807) is 9.36 Å². The number of rotatable bonds is 5. The Hall–Kier alpha value is -2.34. The number of anilines is 1. The minimum atomic E-state index is -0.216. The van der Waals surface area contributed by atoms with E-state index in [4.69, 9.17) is 4.74 Å². The van der Waals surface area contributed by atoms with Crippen molar-refractivity contribution in [3.63, 3.8) is 0 Å². The average Bonchev–Trinajstić information content (AvgIpc) is 3.17. The van der Waals surface area contributed by atoms with Crippen LogP contribution in [-0.4, -0.2) is 28.0 Å². The fourth-order valence-corrected chi connectivity index (χ4v) is 3.08. The molecule has 1 amide bonds. The van der Waals surface area contributed by atoms with Crippen LogP contribution in [0.4, 0.5) is 5.69 Å². The highest BCUT2D eigenvalue weighted by atomic mass is 16.5. The second kappa shape index (κ2) is 7.05. The van der Waals surface area contributed by atoms with Gasteiger partial charge in [0.2, 0.25) is 5.91 Å². The topological polar surface area (TPSA) is 65.3 Å². The van der Waals surface area contributed by atoms with Crippen LogP contribution in [0, 0.1) is 6.92 Å². The fraction of sp³-hybridized carbons (Fsp3) is 0.444. The van der Waals surface area contributed by atoms with E-state index in [0.29, 0.717) is 18.5 Å². The Morgan fingerprint density at radius 2 is 2.08 bits per heavy atom. The molecular weight excluding hydrogens is 306 g/mol. The molecule has 6 heteroatoms. The number of amides is 1. The molecule has 0 bridgehead atoms. The maximum atomic E-state index is 12.7. The number of nitrogens with zero attached hydrogens (tertiary/aromatic N) is 2. The second-order valence-electron chi connectivity index (χ2n) is 6.16. The van der Waals surface area contributed by atoms with E-state index in [0.717, 1.165) is 30.8 Å². The molecular formula is C18H23N3O3. The van der Waals surface area contributed by atoms with Gasteiger partial charge in [-0.15, -0.1) is 0 Å². The van der Waals surface area contributed by atoms with Gasteiger partial charge in [-0.1, -0.05) is 18.2 Å². The number of aromatic nitrogens is 2. The Kier molecular flexibility index (Phi) is 4.85. The number of ether oxygens (including phenoxy) is 1. The molecule has 0 radical (unpaired) electrons. The Balaban J connectivity index is 1.76. The minimum Gasteiger partial charge on any atom is -0.378 e. The zero-order chi connectivity index (χ0) is 17.1. The first-order valence-electron chi connectivity index (χ1n) is 8.33. The molecule has 128 valence electrons. The van der Waals surface area contributed by atoms with Crippen LogP contribution in [0.25, 0.3) is 5.69 Å². The molecule has 1 aromatic carbocycles. The van der Waals surface area contributed by atoms with Gasteiger partial charge in [0, 0.05) is 20.1 Å². The van der Waals surface area contributed by atoms with Crippen molar-refractivity contribution in [3.05, 3.63) is 46.4 Å². The van der Waals surface area contributed by atoms with Gasteiger partial charge in [0.1, 0.15) is 5.69 Å². The number of hydrogen-bond acceptors (Lipinski definition) is 3. The number of benzene rings is 1. The Labute approximate surface area is 141 Å². The quantitative estimate of drug-likeness (QED) is 0.916. The smallest absolute Gasteiger partial charge is 0.295 e. The summed E-state index contributed by atoms with van der Waals surface area (Å²) in [5.41, 5.74) is 1.63. The standard InChI is InChI=1S/C18H23N3O3/c1-13-17(19-16(22)11-10-15-9-6-12-24-15)18(23)21(20(13)2)14-7-4-3-5-8-14/h3-5,7-8,15H,6,9-12H2,1-2H3,(H,19,22). The predicted molar refractivity (Wildman–Crippen MR) is 92.6 cm³/mol. The van der Waals surface area contributed by atoms with E-state index in [-0.39, 0.29) is 17.6 Å². The van der Waals surface area contributed by atoms with Crippen molar-refractivity contribution in [2.75, 3.05) is 11.9 Å². The number of nitrogens with one attached hydrogen (secondary N) is 1. The summed E-state index contributed by atoms with van der Waals surface area (Å²) in [5.74, 6) is -0.142. The molecule has 0 aliphatic carbocycles. The Bertz CT molecular complexity index is 771. The summed E-state index contributed by atoms with van der Waals surface area (Å²) in [6.07, 6.45) is 3.31. The van der Waals surface area contributed by atoms with Crippen molar-refractivity contribution < 1.29 is 9.53 Å². The molecule has 1 unspecified atom stereocenters. The Morgan fingerprint density at radius 3 is 2.75 bits per heavy atom. The van der Waals surface area contributed by atoms with E-state index >= 15 is 0 Å². The lowest BCUT2D eigenvalue weighted by Crippen LogP contribution is -2.23. The molecule has 3 rings (SSSR count). The lowest BCUT2D eigenvalue weighted by Gasteiger charge is -2.08. The van der Waals surface area contributed by atoms with Gasteiger partial charge in [-0.3, -0.25) is 14.3 Å². The zero-order valence-electron chi connectivity index (χ0n) is 14.1. The Morgan fingerprint density at radius 1 is 1.33 bits per heavy atom. The monoisotopic (exact) mass is 329 g/mol. The largest absolute Gasteiger partial charge is 0.378 e. The maximum Gasteiger partial charge on any atom is 0.295 e. The highest BCUT2D eigenvalue weighted by Gasteiger charge is 2.20. The molecule has 1 saturated heterocycles. The third-order valence-electron chi connectivity index (χ3n) is 4.54. The first kappa shape index (κ1) is 16.5. The normalized spacial score (nSPS) is 17.2. The van der Waals surface area contributed by atoms with Gasteiger partial charge in [0.15, 0.2) is 0 Å². The van der Waals surface area contributed by atoms with Gasteiger partial charge < -0.3 is 10.1 Å². The van der Waals surface area contributed by atoms with Gasteiger partial charge in [0.25, 0.3) is 5.56 Å². The van der Waals surface area contributed by atoms with E-state index in [1.165, 1.54) is 0 Å². The summed E-state index contributed by atoms with van der Waals surface area (Å²) in [6.45, 7) is 2.61. The van der Waals surface area contributed by atoms with Crippen LogP contribution in [0.5, 0.6) is 0 Å². The fourth-order valence-electron chi connectivity index (χ4n) is 3.08. The third kappa shape index (κ3) is 3.28. The van der Waals surface area contributed by atoms with Crippen LogP contribution in [0.3, 0.4) is 0 Å². The summed E-state index contributed by atoms with van der Waals surface area (Å²) in [4.78, 5) is 24.9. The lowest BCUT2D eigenvalue weighted by atomic mass is 10.1. The van der Waals surface area contributed by atoms with Gasteiger partial charge in [-0.25, -0.2) is 4.68 Å².